The lowest BCUT2D eigenvalue weighted by Crippen LogP contribution is -2.29. The minimum atomic E-state index is -0.409. The second kappa shape index (κ2) is 5.96. The Balaban J connectivity index is 1.58. The van der Waals surface area contributed by atoms with Gasteiger partial charge in [0.05, 0.1) is 5.41 Å². The molecule has 1 fully saturated rings. The number of anilines is 1. The Morgan fingerprint density at radius 2 is 1.83 bits per heavy atom. The van der Waals surface area contributed by atoms with E-state index in [1.165, 1.54) is 18.4 Å². The molecular formula is C19H20BrN3O. The third-order valence-corrected chi connectivity index (χ3v) is 5.73. The molecule has 4 nitrogen and oxygen atoms in total. The molecule has 5 heteroatoms. The molecule has 1 saturated carbocycles. The van der Waals surface area contributed by atoms with E-state index >= 15 is 0 Å². The van der Waals surface area contributed by atoms with Crippen LogP contribution in [0.3, 0.4) is 0 Å². The zero-order chi connectivity index (χ0) is 16.7. The van der Waals surface area contributed by atoms with Crippen LogP contribution in [0, 0.1) is 6.92 Å². The van der Waals surface area contributed by atoms with E-state index in [4.69, 9.17) is 0 Å². The first-order valence-electron chi connectivity index (χ1n) is 8.52. The van der Waals surface area contributed by atoms with E-state index in [1.54, 1.807) is 0 Å². The zero-order valence-electron chi connectivity index (χ0n) is 13.7. The van der Waals surface area contributed by atoms with E-state index < -0.39 is 5.41 Å². The Kier molecular flexibility index (Phi) is 3.91. The maximum Gasteiger partial charge on any atom is 0.237 e. The molecule has 1 aromatic carbocycles. The fraction of sp³-hybridized carbons (Fsp3) is 0.421. The lowest BCUT2D eigenvalue weighted by molar-refractivity contribution is -0.118. The molecule has 1 N–H and O–H groups in total. The summed E-state index contributed by atoms with van der Waals surface area (Å²) in [5, 5.41) is 2.98. The molecular weight excluding hydrogens is 366 g/mol. The number of amides is 1. The average molecular weight is 386 g/mol. The summed E-state index contributed by atoms with van der Waals surface area (Å²) in [5.74, 6) is 0.474. The second-order valence-corrected chi connectivity index (χ2v) is 7.72. The first-order chi connectivity index (χ1) is 11.6. The monoisotopic (exact) mass is 385 g/mol. The largest absolute Gasteiger partial charge is 0.294 e. The van der Waals surface area contributed by atoms with E-state index in [0.717, 1.165) is 47.1 Å². The van der Waals surface area contributed by atoms with Gasteiger partial charge in [-0.05, 0) is 68.7 Å². The number of rotatable bonds is 3. The highest BCUT2D eigenvalue weighted by molar-refractivity contribution is 9.10. The fourth-order valence-corrected chi connectivity index (χ4v) is 3.86. The highest BCUT2D eigenvalue weighted by Gasteiger charge is 2.51. The summed E-state index contributed by atoms with van der Waals surface area (Å²) in [6.07, 6.45) is 6.17. The number of benzene rings is 1. The number of nitrogens with zero attached hydrogens (tertiary/aromatic N) is 2. The Hall–Kier alpha value is -1.75. The van der Waals surface area contributed by atoms with Crippen LogP contribution in [-0.2, 0) is 23.1 Å². The van der Waals surface area contributed by atoms with Gasteiger partial charge in [0.2, 0.25) is 11.9 Å². The number of hydrogen-bond donors (Lipinski definition) is 1. The minimum absolute atomic E-state index is 0.0139. The van der Waals surface area contributed by atoms with E-state index in [0.29, 0.717) is 5.95 Å². The van der Waals surface area contributed by atoms with Crippen molar-refractivity contribution in [2.24, 2.45) is 0 Å². The third kappa shape index (κ3) is 2.75. The normalized spacial score (nSPS) is 17.9. The summed E-state index contributed by atoms with van der Waals surface area (Å²) in [5.41, 5.74) is 4.04. The van der Waals surface area contributed by atoms with Crippen molar-refractivity contribution < 1.29 is 4.79 Å². The number of fused-ring (bicyclic) bond motifs is 1. The Morgan fingerprint density at radius 3 is 2.54 bits per heavy atom. The molecule has 0 radical (unpaired) electrons. The van der Waals surface area contributed by atoms with Gasteiger partial charge in [-0.2, -0.15) is 0 Å². The molecule has 0 saturated heterocycles. The van der Waals surface area contributed by atoms with Crippen LogP contribution in [0.25, 0.3) is 0 Å². The topological polar surface area (TPSA) is 54.9 Å². The van der Waals surface area contributed by atoms with Gasteiger partial charge < -0.3 is 0 Å². The van der Waals surface area contributed by atoms with E-state index in [1.807, 2.05) is 31.2 Å². The molecule has 0 spiro atoms. The molecule has 124 valence electrons. The molecule has 1 aromatic heterocycles. The van der Waals surface area contributed by atoms with Gasteiger partial charge in [-0.25, -0.2) is 9.97 Å². The lowest BCUT2D eigenvalue weighted by Gasteiger charge is -2.19. The van der Waals surface area contributed by atoms with Crippen molar-refractivity contribution in [2.45, 2.75) is 50.9 Å². The van der Waals surface area contributed by atoms with Crippen LogP contribution >= 0.6 is 15.9 Å². The van der Waals surface area contributed by atoms with Gasteiger partial charge in [-0.1, -0.05) is 28.1 Å². The van der Waals surface area contributed by atoms with Gasteiger partial charge in [0, 0.05) is 15.9 Å². The summed E-state index contributed by atoms with van der Waals surface area (Å²) < 4.78 is 1.02. The summed E-state index contributed by atoms with van der Waals surface area (Å²) in [7, 11) is 0. The average Bonchev–Trinajstić information content (AvgIpc) is 3.37. The second-order valence-electron chi connectivity index (χ2n) is 6.81. The number of carbonyl (C=O) groups excluding carboxylic acids is 1. The standard InChI is InChI=1S/C19H20BrN3O/c1-12-15-4-2-3-5-16(15)22-18(21-12)23-17(24)19(10-11-19)13-6-8-14(20)9-7-13/h6-9H,2-5,10-11H2,1H3,(H,21,22,23,24). The summed E-state index contributed by atoms with van der Waals surface area (Å²) in [4.78, 5) is 22.0. The van der Waals surface area contributed by atoms with Crippen LogP contribution in [-0.4, -0.2) is 15.9 Å². The predicted octanol–water partition coefficient (Wildman–Crippen LogP) is 4.10. The Bertz CT molecular complexity index is 797. The van der Waals surface area contributed by atoms with Gasteiger partial charge in [-0.3, -0.25) is 10.1 Å². The van der Waals surface area contributed by atoms with E-state index in [9.17, 15) is 4.79 Å². The van der Waals surface area contributed by atoms with Crippen molar-refractivity contribution in [2.75, 3.05) is 5.32 Å². The maximum absolute atomic E-state index is 12.9. The van der Waals surface area contributed by atoms with Crippen LogP contribution in [0.4, 0.5) is 5.95 Å². The Labute approximate surface area is 150 Å². The number of halogens is 1. The fourth-order valence-electron chi connectivity index (χ4n) is 3.60. The quantitative estimate of drug-likeness (QED) is 0.864. The highest BCUT2D eigenvalue weighted by Crippen LogP contribution is 2.49. The minimum Gasteiger partial charge on any atom is -0.294 e. The third-order valence-electron chi connectivity index (χ3n) is 5.20. The molecule has 0 unspecified atom stereocenters. The summed E-state index contributed by atoms with van der Waals surface area (Å²) >= 11 is 3.45. The molecule has 0 atom stereocenters. The number of nitrogens with one attached hydrogen (secondary N) is 1. The molecule has 24 heavy (non-hydrogen) atoms. The number of aromatic nitrogens is 2. The first kappa shape index (κ1) is 15.8. The maximum atomic E-state index is 12.9. The van der Waals surface area contributed by atoms with Gasteiger partial charge in [0.25, 0.3) is 0 Å². The zero-order valence-corrected chi connectivity index (χ0v) is 15.3. The molecule has 0 aliphatic heterocycles. The molecule has 1 amide bonds. The Morgan fingerprint density at radius 1 is 1.12 bits per heavy atom. The van der Waals surface area contributed by atoms with Crippen molar-refractivity contribution in [1.82, 2.24) is 9.97 Å². The smallest absolute Gasteiger partial charge is 0.237 e. The van der Waals surface area contributed by atoms with E-state index in [2.05, 4.69) is 31.2 Å². The number of aryl methyl sites for hydroxylation is 2. The predicted molar refractivity (Wildman–Crippen MR) is 97.1 cm³/mol. The number of carbonyl (C=O) groups is 1. The highest BCUT2D eigenvalue weighted by atomic mass is 79.9. The van der Waals surface area contributed by atoms with E-state index in [-0.39, 0.29) is 5.91 Å². The first-order valence-corrected chi connectivity index (χ1v) is 9.32. The van der Waals surface area contributed by atoms with Crippen LogP contribution < -0.4 is 5.32 Å². The van der Waals surface area contributed by atoms with Gasteiger partial charge in [-0.15, -0.1) is 0 Å². The van der Waals surface area contributed by atoms with Crippen molar-refractivity contribution in [1.29, 1.82) is 0 Å². The van der Waals surface area contributed by atoms with Crippen LogP contribution in [0.5, 0.6) is 0 Å². The van der Waals surface area contributed by atoms with Crippen molar-refractivity contribution >= 4 is 27.8 Å². The van der Waals surface area contributed by atoms with Gasteiger partial charge in [0.15, 0.2) is 0 Å². The van der Waals surface area contributed by atoms with Crippen molar-refractivity contribution in [3.63, 3.8) is 0 Å². The SMILES string of the molecule is Cc1nc(NC(=O)C2(c3ccc(Br)cc3)CC2)nc2c1CCCC2. The van der Waals surface area contributed by atoms with Crippen LogP contribution in [0.15, 0.2) is 28.7 Å². The van der Waals surface area contributed by atoms with Gasteiger partial charge in [0.1, 0.15) is 0 Å². The van der Waals surface area contributed by atoms with Gasteiger partial charge >= 0.3 is 0 Å². The molecule has 2 aromatic rings. The number of hydrogen-bond acceptors (Lipinski definition) is 3. The molecule has 2 aliphatic rings. The van der Waals surface area contributed by atoms with Crippen molar-refractivity contribution in [3.8, 4) is 0 Å². The van der Waals surface area contributed by atoms with Crippen LogP contribution in [0.1, 0.15) is 48.2 Å². The molecule has 2 aliphatic carbocycles. The lowest BCUT2D eigenvalue weighted by atomic mass is 9.94. The molecule has 4 rings (SSSR count). The van der Waals surface area contributed by atoms with Crippen molar-refractivity contribution in [3.05, 3.63) is 51.3 Å². The summed E-state index contributed by atoms with van der Waals surface area (Å²) in [6.45, 7) is 2.02. The summed E-state index contributed by atoms with van der Waals surface area (Å²) in [6, 6.07) is 8.02. The van der Waals surface area contributed by atoms with Crippen LogP contribution in [0.2, 0.25) is 0 Å². The molecule has 1 heterocycles. The molecule has 0 bridgehead atoms.